The van der Waals surface area contributed by atoms with E-state index in [2.05, 4.69) is 36.4 Å². The lowest BCUT2D eigenvalue weighted by Crippen LogP contribution is -2.33. The molecule has 0 saturated carbocycles. The van der Waals surface area contributed by atoms with Crippen molar-refractivity contribution in [2.24, 2.45) is 0 Å². The van der Waals surface area contributed by atoms with Crippen molar-refractivity contribution in [2.45, 2.75) is 26.3 Å². The third-order valence-corrected chi connectivity index (χ3v) is 4.47. The van der Waals surface area contributed by atoms with E-state index in [0.717, 1.165) is 28.6 Å². The van der Waals surface area contributed by atoms with Crippen LogP contribution in [0.25, 0.3) is 10.9 Å². The average molecular weight is 404 g/mol. The largest absolute Gasteiger partial charge is 0.355 e. The Kier molecular flexibility index (Phi) is 5.28. The second kappa shape index (κ2) is 7.60. The van der Waals surface area contributed by atoms with E-state index in [1.807, 2.05) is 13.0 Å². The fourth-order valence-electron chi connectivity index (χ4n) is 2.59. The molecule has 0 bridgehead atoms. The van der Waals surface area contributed by atoms with Crippen LogP contribution in [0.15, 0.2) is 40.0 Å². The summed E-state index contributed by atoms with van der Waals surface area (Å²) in [5.74, 6) is -0.206. The van der Waals surface area contributed by atoms with Gasteiger partial charge in [0, 0.05) is 16.7 Å². The normalized spacial score (nSPS) is 11.0. The number of aromatic nitrogens is 4. The predicted molar refractivity (Wildman–Crippen MR) is 98.4 cm³/mol. The van der Waals surface area contributed by atoms with Crippen LogP contribution in [0, 0.1) is 6.92 Å². The number of nitrogens with zero attached hydrogens (tertiary/aromatic N) is 3. The van der Waals surface area contributed by atoms with Gasteiger partial charge in [-0.2, -0.15) is 5.10 Å². The second-order valence-electron chi connectivity index (χ2n) is 5.81. The lowest BCUT2D eigenvalue weighted by atomic mass is 10.1. The highest BCUT2D eigenvalue weighted by Crippen LogP contribution is 2.14. The highest BCUT2D eigenvalue weighted by atomic mass is 79.9. The smallest absolute Gasteiger partial charge is 0.261 e. The molecule has 0 atom stereocenters. The van der Waals surface area contributed by atoms with E-state index in [9.17, 15) is 9.59 Å². The summed E-state index contributed by atoms with van der Waals surface area (Å²) >= 11 is 3.34. The van der Waals surface area contributed by atoms with Gasteiger partial charge in [0.1, 0.15) is 6.54 Å². The van der Waals surface area contributed by atoms with E-state index in [0.29, 0.717) is 17.4 Å². The summed E-state index contributed by atoms with van der Waals surface area (Å²) in [4.78, 5) is 28.7. The first-order valence-corrected chi connectivity index (χ1v) is 8.74. The molecule has 8 heteroatoms. The monoisotopic (exact) mass is 403 g/mol. The van der Waals surface area contributed by atoms with Gasteiger partial charge in [-0.05, 0) is 43.5 Å². The number of hydrogen-bond donors (Lipinski definition) is 2. The molecule has 3 aromatic rings. The summed E-state index contributed by atoms with van der Waals surface area (Å²) in [5, 5.41) is 10.2. The molecule has 7 nitrogen and oxygen atoms in total. The Morgan fingerprint density at radius 2 is 2.24 bits per heavy atom. The Hall–Kier alpha value is -2.48. The van der Waals surface area contributed by atoms with Crippen molar-refractivity contribution in [3.05, 3.63) is 56.8 Å². The lowest BCUT2D eigenvalue weighted by Gasteiger charge is -2.08. The molecule has 0 spiro atoms. The predicted octanol–water partition coefficient (Wildman–Crippen LogP) is 1.94. The first-order valence-electron chi connectivity index (χ1n) is 7.95. The van der Waals surface area contributed by atoms with Crippen molar-refractivity contribution in [3.63, 3.8) is 0 Å². The average Bonchev–Trinajstić information content (AvgIpc) is 3.00. The third kappa shape index (κ3) is 4.14. The summed E-state index contributed by atoms with van der Waals surface area (Å²) in [6, 6.07) is 5.31. The number of amides is 1. The Morgan fingerprint density at radius 3 is 3.00 bits per heavy atom. The van der Waals surface area contributed by atoms with Crippen LogP contribution >= 0.6 is 15.9 Å². The molecule has 1 aromatic carbocycles. The van der Waals surface area contributed by atoms with E-state index < -0.39 is 0 Å². The number of aromatic amines is 1. The number of benzene rings is 1. The van der Waals surface area contributed by atoms with Crippen LogP contribution in [0.5, 0.6) is 0 Å². The van der Waals surface area contributed by atoms with Gasteiger partial charge in [0.15, 0.2) is 0 Å². The Balaban J connectivity index is 1.57. The molecule has 25 heavy (non-hydrogen) atoms. The number of carbonyl (C=O) groups is 1. The second-order valence-corrected chi connectivity index (χ2v) is 6.73. The molecule has 2 heterocycles. The summed E-state index contributed by atoms with van der Waals surface area (Å²) in [7, 11) is 0. The SMILES string of the molecule is Cc1[nH]ncc1CCCNC(=O)Cn1cnc2ccc(Br)cc2c1=O. The molecule has 0 aliphatic rings. The Labute approximate surface area is 152 Å². The van der Waals surface area contributed by atoms with E-state index in [1.54, 1.807) is 18.3 Å². The van der Waals surface area contributed by atoms with Gasteiger partial charge < -0.3 is 5.32 Å². The molecule has 2 N–H and O–H groups in total. The van der Waals surface area contributed by atoms with Crippen LogP contribution in [-0.2, 0) is 17.8 Å². The zero-order chi connectivity index (χ0) is 17.8. The van der Waals surface area contributed by atoms with Gasteiger partial charge >= 0.3 is 0 Å². The van der Waals surface area contributed by atoms with Gasteiger partial charge in [-0.1, -0.05) is 15.9 Å². The van der Waals surface area contributed by atoms with Crippen LogP contribution < -0.4 is 10.9 Å². The zero-order valence-corrected chi connectivity index (χ0v) is 15.3. The molecule has 1 amide bonds. The maximum atomic E-state index is 12.5. The van der Waals surface area contributed by atoms with Crippen LogP contribution in [0.2, 0.25) is 0 Å². The number of H-pyrrole nitrogens is 1. The molecule has 0 aliphatic carbocycles. The van der Waals surface area contributed by atoms with Gasteiger partial charge in [-0.3, -0.25) is 19.3 Å². The number of aryl methyl sites for hydroxylation is 2. The summed E-state index contributed by atoms with van der Waals surface area (Å²) < 4.78 is 2.13. The van der Waals surface area contributed by atoms with Crippen molar-refractivity contribution in [1.29, 1.82) is 0 Å². The quantitative estimate of drug-likeness (QED) is 0.615. The Morgan fingerprint density at radius 1 is 1.40 bits per heavy atom. The molecule has 3 rings (SSSR count). The van der Waals surface area contributed by atoms with Gasteiger partial charge in [0.05, 0.1) is 23.4 Å². The van der Waals surface area contributed by atoms with Crippen molar-refractivity contribution in [2.75, 3.05) is 6.54 Å². The van der Waals surface area contributed by atoms with Crippen molar-refractivity contribution < 1.29 is 4.79 Å². The van der Waals surface area contributed by atoms with Gasteiger partial charge in [0.2, 0.25) is 5.91 Å². The molecule has 0 aliphatic heterocycles. The van der Waals surface area contributed by atoms with Crippen molar-refractivity contribution in [3.8, 4) is 0 Å². The topological polar surface area (TPSA) is 92.7 Å². The summed E-state index contributed by atoms with van der Waals surface area (Å²) in [5.41, 5.74) is 2.58. The highest BCUT2D eigenvalue weighted by Gasteiger charge is 2.08. The van der Waals surface area contributed by atoms with Gasteiger partial charge in [-0.25, -0.2) is 4.98 Å². The van der Waals surface area contributed by atoms with Crippen molar-refractivity contribution >= 4 is 32.7 Å². The standard InChI is InChI=1S/C17H18BrN5O2/c1-11-12(8-21-22-11)3-2-6-19-16(24)9-23-10-20-15-5-4-13(18)7-14(15)17(23)25/h4-5,7-8,10H,2-3,6,9H2,1H3,(H,19,24)(H,21,22). The summed E-state index contributed by atoms with van der Waals surface area (Å²) in [6.07, 6.45) is 4.86. The third-order valence-electron chi connectivity index (χ3n) is 3.98. The molecule has 0 unspecified atom stereocenters. The van der Waals surface area contributed by atoms with Gasteiger partial charge in [0.25, 0.3) is 5.56 Å². The number of carbonyl (C=O) groups excluding carboxylic acids is 1. The first kappa shape index (κ1) is 17.3. The molecule has 0 saturated heterocycles. The highest BCUT2D eigenvalue weighted by molar-refractivity contribution is 9.10. The number of nitrogens with one attached hydrogen (secondary N) is 2. The molecule has 130 valence electrons. The van der Waals surface area contributed by atoms with E-state index in [1.165, 1.54) is 10.9 Å². The minimum absolute atomic E-state index is 0.0426. The lowest BCUT2D eigenvalue weighted by molar-refractivity contribution is -0.121. The maximum absolute atomic E-state index is 12.5. The molecule has 2 aromatic heterocycles. The van der Waals surface area contributed by atoms with Crippen molar-refractivity contribution in [1.82, 2.24) is 25.1 Å². The van der Waals surface area contributed by atoms with Crippen LogP contribution in [0.3, 0.4) is 0 Å². The number of hydrogen-bond acceptors (Lipinski definition) is 4. The fourth-order valence-corrected chi connectivity index (χ4v) is 2.95. The minimum Gasteiger partial charge on any atom is -0.355 e. The molecule has 0 fully saturated rings. The number of fused-ring (bicyclic) bond motifs is 1. The van der Waals surface area contributed by atoms with Crippen LogP contribution in [0.4, 0.5) is 0 Å². The van der Waals surface area contributed by atoms with Gasteiger partial charge in [-0.15, -0.1) is 0 Å². The maximum Gasteiger partial charge on any atom is 0.261 e. The molecular formula is C17H18BrN5O2. The van der Waals surface area contributed by atoms with E-state index in [-0.39, 0.29) is 18.0 Å². The first-order chi connectivity index (χ1) is 12.0. The van der Waals surface area contributed by atoms with E-state index >= 15 is 0 Å². The number of halogens is 1. The zero-order valence-electron chi connectivity index (χ0n) is 13.8. The minimum atomic E-state index is -0.226. The Bertz CT molecular complexity index is 963. The van der Waals surface area contributed by atoms with E-state index in [4.69, 9.17) is 0 Å². The fraction of sp³-hybridized carbons (Fsp3) is 0.294. The summed E-state index contributed by atoms with van der Waals surface area (Å²) in [6.45, 7) is 2.47. The number of rotatable bonds is 6. The van der Waals surface area contributed by atoms with Crippen LogP contribution in [0.1, 0.15) is 17.7 Å². The van der Waals surface area contributed by atoms with Crippen LogP contribution in [-0.4, -0.2) is 32.2 Å². The molecule has 0 radical (unpaired) electrons. The molecular weight excluding hydrogens is 386 g/mol.